The second kappa shape index (κ2) is 4.94. The summed E-state index contributed by atoms with van der Waals surface area (Å²) in [6.07, 6.45) is 1.92. The van der Waals surface area contributed by atoms with Gasteiger partial charge in [-0.3, -0.25) is 4.79 Å². The molecule has 1 N–H and O–H groups in total. The molecule has 15 heavy (non-hydrogen) atoms. The SMILES string of the molecule is O=C1COCC(CCc2ccccc2)N1. The van der Waals surface area contributed by atoms with Crippen LogP contribution in [0.5, 0.6) is 0 Å². The summed E-state index contributed by atoms with van der Waals surface area (Å²) in [6.45, 7) is 0.848. The summed E-state index contributed by atoms with van der Waals surface area (Å²) in [5, 5.41) is 2.92. The average Bonchev–Trinajstić information content (AvgIpc) is 2.28. The van der Waals surface area contributed by atoms with E-state index in [0.717, 1.165) is 12.8 Å². The Hall–Kier alpha value is -1.35. The number of carbonyl (C=O) groups excluding carboxylic acids is 1. The van der Waals surface area contributed by atoms with Crippen molar-refractivity contribution in [3.63, 3.8) is 0 Å². The monoisotopic (exact) mass is 205 g/mol. The summed E-state index contributed by atoms with van der Waals surface area (Å²) in [5.41, 5.74) is 1.30. The fourth-order valence-corrected chi connectivity index (χ4v) is 1.75. The van der Waals surface area contributed by atoms with Crippen molar-refractivity contribution in [2.45, 2.75) is 18.9 Å². The summed E-state index contributed by atoms with van der Waals surface area (Å²) >= 11 is 0. The first-order valence-corrected chi connectivity index (χ1v) is 5.25. The molecule has 1 atom stereocenters. The Morgan fingerprint density at radius 3 is 2.87 bits per heavy atom. The van der Waals surface area contributed by atoms with Gasteiger partial charge in [0.2, 0.25) is 5.91 Å². The number of benzene rings is 1. The molecule has 1 aromatic rings. The summed E-state index contributed by atoms with van der Waals surface area (Å²) in [4.78, 5) is 11.0. The maximum Gasteiger partial charge on any atom is 0.246 e. The van der Waals surface area contributed by atoms with Gasteiger partial charge in [-0.15, -0.1) is 0 Å². The van der Waals surface area contributed by atoms with E-state index in [4.69, 9.17) is 4.74 Å². The maximum absolute atomic E-state index is 11.0. The van der Waals surface area contributed by atoms with Crippen molar-refractivity contribution >= 4 is 5.91 Å². The molecule has 1 aliphatic rings. The second-order valence-corrected chi connectivity index (χ2v) is 3.80. The Morgan fingerprint density at radius 1 is 1.33 bits per heavy atom. The molecule has 2 rings (SSSR count). The number of hydrogen-bond acceptors (Lipinski definition) is 2. The Kier molecular flexibility index (Phi) is 3.35. The van der Waals surface area contributed by atoms with E-state index in [0.29, 0.717) is 6.61 Å². The Balaban J connectivity index is 1.80. The highest BCUT2D eigenvalue weighted by Crippen LogP contribution is 2.07. The summed E-state index contributed by atoms with van der Waals surface area (Å²) in [5.74, 6) is -0.000637. The van der Waals surface area contributed by atoms with Crippen molar-refractivity contribution in [2.75, 3.05) is 13.2 Å². The lowest BCUT2D eigenvalue weighted by molar-refractivity contribution is -0.131. The molecule has 3 nitrogen and oxygen atoms in total. The van der Waals surface area contributed by atoms with Crippen LogP contribution in [0.2, 0.25) is 0 Å². The minimum absolute atomic E-state index is 0.000637. The molecular weight excluding hydrogens is 190 g/mol. The lowest BCUT2D eigenvalue weighted by Crippen LogP contribution is -2.45. The van der Waals surface area contributed by atoms with Crippen LogP contribution in [0.15, 0.2) is 30.3 Å². The van der Waals surface area contributed by atoms with E-state index in [1.54, 1.807) is 0 Å². The van der Waals surface area contributed by atoms with Gasteiger partial charge in [0.1, 0.15) is 6.61 Å². The van der Waals surface area contributed by atoms with Gasteiger partial charge in [0.05, 0.1) is 12.6 Å². The maximum atomic E-state index is 11.0. The van der Waals surface area contributed by atoms with Crippen LogP contribution < -0.4 is 5.32 Å². The van der Waals surface area contributed by atoms with E-state index in [1.165, 1.54) is 5.56 Å². The lowest BCUT2D eigenvalue weighted by atomic mass is 10.1. The second-order valence-electron chi connectivity index (χ2n) is 3.80. The summed E-state index contributed by atoms with van der Waals surface area (Å²) in [7, 11) is 0. The quantitative estimate of drug-likeness (QED) is 0.803. The Bertz CT molecular complexity index is 324. The highest BCUT2D eigenvalue weighted by Gasteiger charge is 2.17. The molecule has 0 aromatic heterocycles. The molecule has 0 bridgehead atoms. The van der Waals surface area contributed by atoms with Crippen LogP contribution in [0.3, 0.4) is 0 Å². The van der Waals surface area contributed by atoms with Crippen molar-refractivity contribution in [2.24, 2.45) is 0 Å². The lowest BCUT2D eigenvalue weighted by Gasteiger charge is -2.23. The fraction of sp³-hybridized carbons (Fsp3) is 0.417. The summed E-state index contributed by atoms with van der Waals surface area (Å²) in [6, 6.07) is 10.5. The van der Waals surface area contributed by atoms with Gasteiger partial charge in [0, 0.05) is 0 Å². The minimum atomic E-state index is -0.000637. The summed E-state index contributed by atoms with van der Waals surface area (Å²) < 4.78 is 5.17. The zero-order valence-electron chi connectivity index (χ0n) is 8.61. The van der Waals surface area contributed by atoms with Crippen molar-refractivity contribution in [3.8, 4) is 0 Å². The Labute approximate surface area is 89.4 Å². The first kappa shape index (κ1) is 10.2. The molecule has 0 aliphatic carbocycles. The zero-order chi connectivity index (χ0) is 10.5. The molecule has 1 aromatic carbocycles. The molecule has 1 unspecified atom stereocenters. The van der Waals surface area contributed by atoms with Crippen LogP contribution in [0.1, 0.15) is 12.0 Å². The van der Waals surface area contributed by atoms with Gasteiger partial charge in [-0.1, -0.05) is 30.3 Å². The number of aryl methyl sites for hydroxylation is 1. The van der Waals surface area contributed by atoms with Gasteiger partial charge in [-0.05, 0) is 18.4 Å². The largest absolute Gasteiger partial charge is 0.370 e. The van der Waals surface area contributed by atoms with Crippen molar-refractivity contribution in [3.05, 3.63) is 35.9 Å². The number of morpholine rings is 1. The molecule has 1 saturated heterocycles. The van der Waals surface area contributed by atoms with Crippen LogP contribution >= 0.6 is 0 Å². The van der Waals surface area contributed by atoms with Crippen LogP contribution in [0.4, 0.5) is 0 Å². The van der Waals surface area contributed by atoms with E-state index in [1.807, 2.05) is 18.2 Å². The predicted molar refractivity (Wildman–Crippen MR) is 57.5 cm³/mol. The van der Waals surface area contributed by atoms with E-state index >= 15 is 0 Å². The van der Waals surface area contributed by atoms with Crippen molar-refractivity contribution < 1.29 is 9.53 Å². The molecule has 0 spiro atoms. The molecule has 1 heterocycles. The first-order valence-electron chi connectivity index (χ1n) is 5.25. The van der Waals surface area contributed by atoms with Gasteiger partial charge in [-0.2, -0.15) is 0 Å². The van der Waals surface area contributed by atoms with Crippen LogP contribution in [0, 0.1) is 0 Å². The molecule has 1 amide bonds. The van der Waals surface area contributed by atoms with E-state index in [-0.39, 0.29) is 18.6 Å². The van der Waals surface area contributed by atoms with Crippen molar-refractivity contribution in [1.82, 2.24) is 5.32 Å². The number of amides is 1. The number of rotatable bonds is 3. The molecule has 80 valence electrons. The van der Waals surface area contributed by atoms with E-state index in [9.17, 15) is 4.79 Å². The first-order chi connectivity index (χ1) is 7.34. The average molecular weight is 205 g/mol. The molecular formula is C12H15NO2. The number of ether oxygens (including phenoxy) is 1. The molecule has 0 radical (unpaired) electrons. The topological polar surface area (TPSA) is 38.3 Å². The Morgan fingerprint density at radius 2 is 2.13 bits per heavy atom. The normalized spacial score (nSPS) is 21.1. The van der Waals surface area contributed by atoms with Crippen LogP contribution in [-0.4, -0.2) is 25.2 Å². The van der Waals surface area contributed by atoms with Gasteiger partial charge in [0.15, 0.2) is 0 Å². The molecule has 3 heteroatoms. The van der Waals surface area contributed by atoms with Crippen LogP contribution in [-0.2, 0) is 16.0 Å². The molecule has 1 fully saturated rings. The third-order valence-corrected chi connectivity index (χ3v) is 2.54. The number of hydrogen-bond donors (Lipinski definition) is 1. The predicted octanol–water partition coefficient (Wildman–Crippen LogP) is 1.13. The zero-order valence-corrected chi connectivity index (χ0v) is 8.61. The minimum Gasteiger partial charge on any atom is -0.370 e. The van der Waals surface area contributed by atoms with Gasteiger partial charge >= 0.3 is 0 Å². The molecule has 0 saturated carbocycles. The van der Waals surface area contributed by atoms with E-state index in [2.05, 4.69) is 17.4 Å². The standard InChI is InChI=1S/C12H15NO2/c14-12-9-15-8-11(13-12)7-6-10-4-2-1-3-5-10/h1-5,11H,6-9H2,(H,13,14). The van der Waals surface area contributed by atoms with Gasteiger partial charge < -0.3 is 10.1 Å². The van der Waals surface area contributed by atoms with Crippen molar-refractivity contribution in [1.29, 1.82) is 0 Å². The van der Waals surface area contributed by atoms with Crippen LogP contribution in [0.25, 0.3) is 0 Å². The smallest absolute Gasteiger partial charge is 0.246 e. The van der Waals surface area contributed by atoms with Gasteiger partial charge in [0.25, 0.3) is 0 Å². The third kappa shape index (κ3) is 3.06. The number of nitrogens with one attached hydrogen (secondary N) is 1. The number of carbonyl (C=O) groups is 1. The fourth-order valence-electron chi connectivity index (χ4n) is 1.75. The highest BCUT2D eigenvalue weighted by molar-refractivity contribution is 5.78. The molecule has 1 aliphatic heterocycles. The van der Waals surface area contributed by atoms with Gasteiger partial charge in [-0.25, -0.2) is 0 Å². The highest BCUT2D eigenvalue weighted by atomic mass is 16.5. The van der Waals surface area contributed by atoms with E-state index < -0.39 is 0 Å². The third-order valence-electron chi connectivity index (χ3n) is 2.54.